The van der Waals surface area contributed by atoms with Crippen molar-refractivity contribution in [3.05, 3.63) is 78.1 Å². The molecule has 0 atom stereocenters. The third-order valence-corrected chi connectivity index (χ3v) is 6.30. The highest BCUT2D eigenvalue weighted by Gasteiger charge is 2.23. The van der Waals surface area contributed by atoms with Crippen LogP contribution in [0.5, 0.6) is 0 Å². The lowest BCUT2D eigenvalue weighted by atomic mass is 10.1. The Kier molecular flexibility index (Phi) is 6.99. The number of benzene rings is 2. The van der Waals surface area contributed by atoms with Crippen LogP contribution in [0.1, 0.15) is 5.56 Å². The second-order valence-corrected chi connectivity index (χ2v) is 8.83. The number of carbonyl (C=O) groups is 1. The van der Waals surface area contributed by atoms with Crippen molar-refractivity contribution in [2.45, 2.75) is 6.42 Å². The molecule has 1 aliphatic rings. The van der Waals surface area contributed by atoms with Crippen molar-refractivity contribution in [2.24, 2.45) is 0 Å². The Morgan fingerprint density at radius 1 is 0.917 bits per heavy atom. The van der Waals surface area contributed by atoms with E-state index < -0.39 is 0 Å². The number of pyridine rings is 1. The molecule has 184 valence electrons. The van der Waals surface area contributed by atoms with Gasteiger partial charge in [0.1, 0.15) is 11.3 Å². The molecule has 0 spiro atoms. The summed E-state index contributed by atoms with van der Waals surface area (Å²) in [6.45, 7) is 3.79. The molecule has 1 amide bonds. The minimum Gasteiger partial charge on any atom is -0.368 e. The molecular formula is C27H28FN7O. The predicted molar refractivity (Wildman–Crippen MR) is 139 cm³/mol. The van der Waals surface area contributed by atoms with Crippen molar-refractivity contribution in [3.8, 4) is 11.3 Å². The van der Waals surface area contributed by atoms with E-state index in [1.807, 2.05) is 30.3 Å². The molecule has 5 rings (SSSR count). The average molecular weight is 486 g/mol. The van der Waals surface area contributed by atoms with Crippen LogP contribution >= 0.6 is 0 Å². The number of rotatable bonds is 7. The SMILES string of the molecule is Nc1nc(N2CCN(CC(=O)NCCc3ccccc3)CC2)c2nc(-c3ccc(F)cc3)ccc2n1. The van der Waals surface area contributed by atoms with Crippen LogP contribution in [0, 0.1) is 5.82 Å². The Hall–Kier alpha value is -4.11. The first-order valence-corrected chi connectivity index (χ1v) is 12.0. The van der Waals surface area contributed by atoms with Gasteiger partial charge in [-0.05, 0) is 48.4 Å². The summed E-state index contributed by atoms with van der Waals surface area (Å²) in [5.41, 5.74) is 10.0. The molecule has 1 saturated heterocycles. The van der Waals surface area contributed by atoms with Crippen LogP contribution in [0.3, 0.4) is 0 Å². The van der Waals surface area contributed by atoms with Crippen molar-refractivity contribution < 1.29 is 9.18 Å². The number of halogens is 1. The molecule has 3 N–H and O–H groups in total. The largest absolute Gasteiger partial charge is 0.368 e. The van der Waals surface area contributed by atoms with E-state index in [4.69, 9.17) is 10.7 Å². The fraction of sp³-hybridized carbons (Fsp3) is 0.259. The fourth-order valence-corrected chi connectivity index (χ4v) is 4.39. The van der Waals surface area contributed by atoms with Crippen molar-refractivity contribution in [2.75, 3.05) is 49.9 Å². The molecule has 0 aliphatic carbocycles. The third-order valence-electron chi connectivity index (χ3n) is 6.30. The van der Waals surface area contributed by atoms with E-state index in [0.29, 0.717) is 48.7 Å². The van der Waals surface area contributed by atoms with Gasteiger partial charge in [0.25, 0.3) is 0 Å². The molecular weight excluding hydrogens is 457 g/mol. The van der Waals surface area contributed by atoms with Crippen LogP contribution in [0.4, 0.5) is 16.2 Å². The summed E-state index contributed by atoms with van der Waals surface area (Å²) in [4.78, 5) is 30.3. The topological polar surface area (TPSA) is 100 Å². The number of amides is 1. The van der Waals surface area contributed by atoms with E-state index in [1.165, 1.54) is 17.7 Å². The Morgan fingerprint density at radius 3 is 2.42 bits per heavy atom. The Bertz CT molecular complexity index is 1340. The van der Waals surface area contributed by atoms with Gasteiger partial charge >= 0.3 is 0 Å². The minimum atomic E-state index is -0.293. The monoisotopic (exact) mass is 485 g/mol. The number of nitrogen functional groups attached to an aromatic ring is 1. The van der Waals surface area contributed by atoms with Gasteiger partial charge in [-0.2, -0.15) is 4.98 Å². The lowest BCUT2D eigenvalue weighted by molar-refractivity contribution is -0.122. The van der Waals surface area contributed by atoms with E-state index in [2.05, 4.69) is 37.2 Å². The number of fused-ring (bicyclic) bond motifs is 1. The summed E-state index contributed by atoms with van der Waals surface area (Å²) in [6, 6.07) is 20.1. The summed E-state index contributed by atoms with van der Waals surface area (Å²) < 4.78 is 13.4. The molecule has 1 aliphatic heterocycles. The molecule has 9 heteroatoms. The van der Waals surface area contributed by atoms with Gasteiger partial charge in [-0.25, -0.2) is 14.4 Å². The second-order valence-electron chi connectivity index (χ2n) is 8.83. The predicted octanol–water partition coefficient (Wildman–Crippen LogP) is 2.89. The average Bonchev–Trinajstić information content (AvgIpc) is 2.89. The van der Waals surface area contributed by atoms with Gasteiger partial charge < -0.3 is 16.0 Å². The number of hydrogen-bond acceptors (Lipinski definition) is 7. The van der Waals surface area contributed by atoms with Crippen LogP contribution in [0.25, 0.3) is 22.3 Å². The zero-order chi connectivity index (χ0) is 24.9. The van der Waals surface area contributed by atoms with Crippen LogP contribution in [-0.2, 0) is 11.2 Å². The van der Waals surface area contributed by atoms with E-state index >= 15 is 0 Å². The molecule has 0 unspecified atom stereocenters. The van der Waals surface area contributed by atoms with Gasteiger partial charge in [-0.1, -0.05) is 30.3 Å². The highest BCUT2D eigenvalue weighted by molar-refractivity contribution is 5.88. The molecule has 1 fully saturated rings. The summed E-state index contributed by atoms with van der Waals surface area (Å²) in [7, 11) is 0. The van der Waals surface area contributed by atoms with Gasteiger partial charge in [-0.3, -0.25) is 9.69 Å². The van der Waals surface area contributed by atoms with Crippen molar-refractivity contribution in [1.29, 1.82) is 0 Å². The van der Waals surface area contributed by atoms with Gasteiger partial charge in [0.2, 0.25) is 11.9 Å². The normalized spacial score (nSPS) is 14.2. The summed E-state index contributed by atoms with van der Waals surface area (Å²) in [5.74, 6) is 0.600. The van der Waals surface area contributed by atoms with Crippen molar-refractivity contribution in [1.82, 2.24) is 25.2 Å². The quantitative estimate of drug-likeness (QED) is 0.415. The zero-order valence-corrected chi connectivity index (χ0v) is 19.9. The Morgan fingerprint density at radius 2 is 1.67 bits per heavy atom. The van der Waals surface area contributed by atoms with Crippen LogP contribution < -0.4 is 16.0 Å². The third kappa shape index (κ3) is 5.58. The van der Waals surface area contributed by atoms with E-state index in [-0.39, 0.29) is 17.7 Å². The summed E-state index contributed by atoms with van der Waals surface area (Å²) >= 11 is 0. The number of piperazine rings is 1. The Labute approximate surface area is 209 Å². The summed E-state index contributed by atoms with van der Waals surface area (Å²) in [5, 5.41) is 3.01. The first-order valence-electron chi connectivity index (χ1n) is 12.0. The standard InChI is InChI=1S/C27H28FN7O/c28-21-8-6-20(7-9-21)22-10-11-23-25(31-22)26(33-27(29)32-23)35-16-14-34(15-17-35)18-24(36)30-13-12-19-4-2-1-3-5-19/h1-11H,12-18H2,(H,30,36)(H2,29,32,33). The fourth-order valence-electron chi connectivity index (χ4n) is 4.39. The molecule has 8 nitrogen and oxygen atoms in total. The number of nitrogens with one attached hydrogen (secondary N) is 1. The number of nitrogens with two attached hydrogens (primary N) is 1. The van der Waals surface area contributed by atoms with E-state index in [9.17, 15) is 9.18 Å². The molecule has 2 aromatic heterocycles. The number of carbonyl (C=O) groups excluding carboxylic acids is 1. The molecule has 0 radical (unpaired) electrons. The maximum atomic E-state index is 13.4. The number of hydrogen-bond donors (Lipinski definition) is 2. The van der Waals surface area contributed by atoms with Crippen molar-refractivity contribution >= 4 is 28.7 Å². The molecule has 2 aromatic carbocycles. The zero-order valence-electron chi connectivity index (χ0n) is 19.9. The van der Waals surface area contributed by atoms with Gasteiger partial charge in [-0.15, -0.1) is 0 Å². The smallest absolute Gasteiger partial charge is 0.234 e. The maximum Gasteiger partial charge on any atom is 0.234 e. The number of anilines is 2. The molecule has 4 aromatic rings. The number of nitrogens with zero attached hydrogens (tertiary/aromatic N) is 5. The lowest BCUT2D eigenvalue weighted by Crippen LogP contribution is -2.50. The first-order chi connectivity index (χ1) is 17.5. The van der Waals surface area contributed by atoms with Crippen LogP contribution in [0.15, 0.2) is 66.7 Å². The van der Waals surface area contributed by atoms with Crippen molar-refractivity contribution in [3.63, 3.8) is 0 Å². The molecule has 0 bridgehead atoms. The Balaban J connectivity index is 1.22. The minimum absolute atomic E-state index is 0.0294. The molecule has 3 heterocycles. The van der Waals surface area contributed by atoms with Gasteiger partial charge in [0.05, 0.1) is 17.8 Å². The maximum absolute atomic E-state index is 13.4. The highest BCUT2D eigenvalue weighted by Crippen LogP contribution is 2.27. The summed E-state index contributed by atoms with van der Waals surface area (Å²) in [6.07, 6.45) is 0.815. The second kappa shape index (κ2) is 10.7. The first kappa shape index (κ1) is 23.6. The van der Waals surface area contributed by atoms with E-state index in [1.54, 1.807) is 12.1 Å². The lowest BCUT2D eigenvalue weighted by Gasteiger charge is -2.35. The molecule has 36 heavy (non-hydrogen) atoms. The highest BCUT2D eigenvalue weighted by atomic mass is 19.1. The number of aromatic nitrogens is 3. The van der Waals surface area contributed by atoms with E-state index in [0.717, 1.165) is 25.1 Å². The van der Waals surface area contributed by atoms with Gasteiger partial charge in [0.15, 0.2) is 5.82 Å². The van der Waals surface area contributed by atoms with Gasteiger partial charge in [0, 0.05) is 38.3 Å². The molecule has 0 saturated carbocycles. The van der Waals surface area contributed by atoms with Crippen LogP contribution in [-0.4, -0.2) is 65.0 Å². The van der Waals surface area contributed by atoms with Crippen LogP contribution in [0.2, 0.25) is 0 Å².